The first-order valence-corrected chi connectivity index (χ1v) is 11.6. The van der Waals surface area contributed by atoms with Crippen LogP contribution >= 0.6 is 0 Å². The fraction of sp³-hybridized carbons (Fsp3) is 0.500. The van der Waals surface area contributed by atoms with Crippen LogP contribution < -0.4 is 10.5 Å². The molecule has 1 aromatic carbocycles. The molecule has 0 amide bonds. The van der Waals surface area contributed by atoms with Gasteiger partial charge in [0.1, 0.15) is 17.2 Å². The number of hydrogen-bond donors (Lipinski definition) is 0. The molecule has 1 saturated heterocycles. The lowest BCUT2D eigenvalue weighted by Crippen LogP contribution is -2.46. The van der Waals surface area contributed by atoms with Crippen molar-refractivity contribution < 1.29 is 4.42 Å². The number of rotatable bonds is 5. The average Bonchev–Trinajstić information content (AvgIpc) is 2.73. The van der Waals surface area contributed by atoms with E-state index < -0.39 is 0 Å². The number of hydrogen-bond acceptors (Lipinski definition) is 6. The maximum atomic E-state index is 12.2. The minimum atomic E-state index is -0.277. The van der Waals surface area contributed by atoms with Crippen LogP contribution in [-0.4, -0.2) is 41.0 Å². The van der Waals surface area contributed by atoms with Gasteiger partial charge in [0.25, 0.3) is 0 Å². The minimum Gasteiger partial charge on any atom is -0.423 e. The Hall–Kier alpha value is -2.73. The smallest absolute Gasteiger partial charge is 0.336 e. The quantitative estimate of drug-likeness (QED) is 0.539. The van der Waals surface area contributed by atoms with Crippen molar-refractivity contribution in [2.24, 2.45) is 0 Å². The molecule has 0 spiro atoms. The minimum absolute atomic E-state index is 0.277. The van der Waals surface area contributed by atoms with Crippen LogP contribution in [-0.2, 0) is 6.54 Å². The monoisotopic (exact) mass is 434 g/mol. The first-order valence-electron chi connectivity index (χ1n) is 11.6. The van der Waals surface area contributed by atoms with Crippen LogP contribution in [0, 0.1) is 13.8 Å². The summed E-state index contributed by atoms with van der Waals surface area (Å²) in [5.74, 6) is 2.66. The van der Waals surface area contributed by atoms with Crippen molar-refractivity contribution >= 4 is 16.8 Å². The van der Waals surface area contributed by atoms with E-state index in [0.29, 0.717) is 17.4 Å². The predicted molar refractivity (Wildman–Crippen MR) is 130 cm³/mol. The second-order valence-electron chi connectivity index (χ2n) is 9.59. The van der Waals surface area contributed by atoms with Crippen molar-refractivity contribution in [3.05, 3.63) is 62.9 Å². The van der Waals surface area contributed by atoms with Crippen molar-refractivity contribution in [1.82, 2.24) is 14.9 Å². The van der Waals surface area contributed by atoms with E-state index in [2.05, 4.69) is 61.5 Å². The zero-order valence-electron chi connectivity index (χ0n) is 20.1. The molecule has 1 aliphatic rings. The molecule has 6 nitrogen and oxygen atoms in total. The summed E-state index contributed by atoms with van der Waals surface area (Å²) in [4.78, 5) is 26.4. The molecule has 4 rings (SSSR count). The summed E-state index contributed by atoms with van der Waals surface area (Å²) in [5.41, 5.74) is 4.94. The number of aryl methyl sites for hydroxylation is 2. The zero-order chi connectivity index (χ0) is 23.0. The maximum absolute atomic E-state index is 12.2. The normalized spacial score (nSPS) is 15.3. The van der Waals surface area contributed by atoms with Gasteiger partial charge < -0.3 is 9.32 Å². The number of aromatic nitrogens is 2. The van der Waals surface area contributed by atoms with Gasteiger partial charge in [-0.3, -0.25) is 4.90 Å². The van der Waals surface area contributed by atoms with E-state index in [4.69, 9.17) is 9.40 Å². The Morgan fingerprint density at radius 3 is 2.31 bits per heavy atom. The lowest BCUT2D eigenvalue weighted by Gasteiger charge is -2.35. The molecule has 1 aliphatic heterocycles. The van der Waals surface area contributed by atoms with Gasteiger partial charge in [-0.2, -0.15) is 0 Å². The summed E-state index contributed by atoms with van der Waals surface area (Å²) < 4.78 is 5.53. The van der Waals surface area contributed by atoms with Crippen LogP contribution in [0.5, 0.6) is 0 Å². The maximum Gasteiger partial charge on any atom is 0.336 e. The molecule has 0 atom stereocenters. The van der Waals surface area contributed by atoms with Gasteiger partial charge >= 0.3 is 5.63 Å². The molecule has 0 bridgehead atoms. The third-order valence-electron chi connectivity index (χ3n) is 6.30. The largest absolute Gasteiger partial charge is 0.423 e. The Morgan fingerprint density at radius 2 is 1.66 bits per heavy atom. The third kappa shape index (κ3) is 4.70. The highest BCUT2D eigenvalue weighted by atomic mass is 16.4. The fourth-order valence-corrected chi connectivity index (χ4v) is 4.51. The van der Waals surface area contributed by atoms with Crippen LogP contribution in [0.1, 0.15) is 67.7 Å². The number of anilines is 1. The summed E-state index contributed by atoms with van der Waals surface area (Å²) >= 11 is 0. The van der Waals surface area contributed by atoms with Crippen LogP contribution in [0.15, 0.2) is 33.5 Å². The average molecular weight is 435 g/mol. The third-order valence-corrected chi connectivity index (χ3v) is 6.30. The van der Waals surface area contributed by atoms with Gasteiger partial charge in [-0.05, 0) is 48.6 Å². The molecule has 0 saturated carbocycles. The van der Waals surface area contributed by atoms with Gasteiger partial charge in [-0.25, -0.2) is 14.8 Å². The van der Waals surface area contributed by atoms with Gasteiger partial charge in [0.05, 0.1) is 0 Å². The van der Waals surface area contributed by atoms with E-state index >= 15 is 0 Å². The topological polar surface area (TPSA) is 62.5 Å². The molecule has 1 fully saturated rings. The van der Waals surface area contributed by atoms with Gasteiger partial charge in [0.2, 0.25) is 0 Å². The Bertz CT molecular complexity index is 1170. The molecule has 0 aliphatic carbocycles. The van der Waals surface area contributed by atoms with Gasteiger partial charge in [0.15, 0.2) is 0 Å². The van der Waals surface area contributed by atoms with E-state index in [-0.39, 0.29) is 5.63 Å². The van der Waals surface area contributed by atoms with Crippen molar-refractivity contribution in [1.29, 1.82) is 0 Å². The van der Waals surface area contributed by atoms with Gasteiger partial charge in [-0.15, -0.1) is 0 Å². The van der Waals surface area contributed by atoms with Crippen LogP contribution in [0.25, 0.3) is 11.0 Å². The predicted octanol–water partition coefficient (Wildman–Crippen LogP) is 4.77. The zero-order valence-corrected chi connectivity index (χ0v) is 20.1. The van der Waals surface area contributed by atoms with Crippen LogP contribution in [0.2, 0.25) is 0 Å². The Morgan fingerprint density at radius 1 is 0.938 bits per heavy atom. The molecule has 32 heavy (non-hydrogen) atoms. The number of nitrogens with zero attached hydrogens (tertiary/aromatic N) is 4. The Labute approximate surface area is 190 Å². The summed E-state index contributed by atoms with van der Waals surface area (Å²) in [7, 11) is 0. The number of benzene rings is 1. The first kappa shape index (κ1) is 22.5. The van der Waals surface area contributed by atoms with Gasteiger partial charge in [-0.1, -0.05) is 27.7 Å². The first-order chi connectivity index (χ1) is 15.2. The van der Waals surface area contributed by atoms with Crippen LogP contribution in [0.3, 0.4) is 0 Å². The summed E-state index contributed by atoms with van der Waals surface area (Å²) in [6.07, 6.45) is 0. The Balaban J connectivity index is 1.53. The molecule has 0 radical (unpaired) electrons. The Kier molecular flexibility index (Phi) is 6.33. The van der Waals surface area contributed by atoms with Crippen molar-refractivity contribution in [3.8, 4) is 0 Å². The lowest BCUT2D eigenvalue weighted by atomic mass is 9.95. The molecular weight excluding hydrogens is 400 g/mol. The van der Waals surface area contributed by atoms with Gasteiger partial charge in [0, 0.05) is 61.9 Å². The summed E-state index contributed by atoms with van der Waals surface area (Å²) in [6, 6.07) is 7.96. The van der Waals surface area contributed by atoms with E-state index in [0.717, 1.165) is 61.0 Å². The molecule has 0 unspecified atom stereocenters. The standard InChI is InChI=1S/C26H34N4O2/c1-16(2)21-14-22-20(13-25(31)32-23(22)11-18(21)5)15-29-7-9-30(10-8-29)24-12-19(6)27-26(28-24)17(3)4/h11-14,16-17H,7-10,15H2,1-6H3. The van der Waals surface area contributed by atoms with Crippen molar-refractivity contribution in [2.45, 2.75) is 59.9 Å². The van der Waals surface area contributed by atoms with E-state index in [1.165, 1.54) is 11.1 Å². The lowest BCUT2D eigenvalue weighted by molar-refractivity contribution is 0.249. The van der Waals surface area contributed by atoms with E-state index in [1.54, 1.807) is 6.07 Å². The molecular formula is C26H34N4O2. The molecule has 3 aromatic rings. The highest BCUT2D eigenvalue weighted by molar-refractivity contribution is 5.82. The van der Waals surface area contributed by atoms with E-state index in [9.17, 15) is 4.79 Å². The second kappa shape index (κ2) is 9.02. The number of piperazine rings is 1. The molecule has 0 N–H and O–H groups in total. The van der Waals surface area contributed by atoms with Crippen molar-refractivity contribution in [2.75, 3.05) is 31.1 Å². The summed E-state index contributed by atoms with van der Waals surface area (Å²) in [5, 5.41) is 1.05. The molecule has 2 aromatic heterocycles. The molecule has 6 heteroatoms. The fourth-order valence-electron chi connectivity index (χ4n) is 4.51. The highest BCUT2D eigenvalue weighted by Crippen LogP contribution is 2.28. The highest BCUT2D eigenvalue weighted by Gasteiger charge is 2.21. The molecule has 170 valence electrons. The van der Waals surface area contributed by atoms with Crippen LogP contribution in [0.4, 0.5) is 5.82 Å². The summed E-state index contributed by atoms with van der Waals surface area (Å²) in [6.45, 7) is 17.2. The second-order valence-corrected chi connectivity index (χ2v) is 9.59. The van der Waals surface area contributed by atoms with Crippen molar-refractivity contribution in [3.63, 3.8) is 0 Å². The SMILES string of the molecule is Cc1cc(N2CCN(Cc3cc(=O)oc4cc(C)c(C(C)C)cc34)CC2)nc(C(C)C)n1. The van der Waals surface area contributed by atoms with E-state index in [1.807, 2.05) is 13.0 Å². The molecule has 3 heterocycles. The number of fused-ring (bicyclic) bond motifs is 1.